The van der Waals surface area contributed by atoms with Crippen LogP contribution in [0.25, 0.3) is 17.1 Å². The monoisotopic (exact) mass is 611 g/mol. The van der Waals surface area contributed by atoms with Crippen LogP contribution >= 0.6 is 11.9 Å². The first-order valence-corrected chi connectivity index (χ1v) is 16.2. The summed E-state index contributed by atoms with van der Waals surface area (Å²) in [6, 6.07) is 8.31. The Morgan fingerprint density at radius 2 is 1.86 bits per heavy atom. The Labute approximate surface area is 264 Å². The molecule has 2 fully saturated rings. The fourth-order valence-corrected chi connectivity index (χ4v) is 6.94. The van der Waals surface area contributed by atoms with Crippen LogP contribution in [0.3, 0.4) is 0 Å². The summed E-state index contributed by atoms with van der Waals surface area (Å²) in [6.45, 7) is 10.8. The lowest BCUT2D eigenvalue weighted by atomic mass is 9.72. The molecule has 0 aliphatic carbocycles. The number of rotatable bonds is 10. The lowest BCUT2D eigenvalue weighted by molar-refractivity contribution is 0.00129. The topological polar surface area (TPSA) is 94.6 Å². The van der Waals surface area contributed by atoms with E-state index in [1.807, 2.05) is 25.4 Å². The summed E-state index contributed by atoms with van der Waals surface area (Å²) >= 11 is 1.60. The summed E-state index contributed by atoms with van der Waals surface area (Å²) in [5.41, 5.74) is 8.07. The van der Waals surface area contributed by atoms with Crippen LogP contribution in [0.5, 0.6) is 5.75 Å². The molecule has 0 saturated carbocycles. The molecule has 0 radical (unpaired) electrons. The Balaban J connectivity index is 1.28. The van der Waals surface area contributed by atoms with E-state index in [0.717, 1.165) is 58.9 Å². The van der Waals surface area contributed by atoms with Crippen LogP contribution in [0.1, 0.15) is 30.9 Å². The second kappa shape index (κ2) is 12.5. The highest BCUT2D eigenvalue weighted by Crippen LogP contribution is 2.43. The molecular weight excluding hydrogens is 570 g/mol. The van der Waals surface area contributed by atoms with Gasteiger partial charge in [0.2, 0.25) is 5.95 Å². The average Bonchev–Trinajstić information content (AvgIpc) is 3.04. The molecule has 11 heteroatoms. The third-order valence-corrected chi connectivity index (χ3v) is 9.63. The Morgan fingerprint density at radius 3 is 2.55 bits per heavy atom. The van der Waals surface area contributed by atoms with E-state index in [1.165, 1.54) is 37.2 Å². The Hall–Kier alpha value is -4.09. The lowest BCUT2D eigenvalue weighted by Crippen LogP contribution is -2.58. The summed E-state index contributed by atoms with van der Waals surface area (Å²) in [5, 5.41) is 6.96. The highest BCUT2D eigenvalue weighted by molar-refractivity contribution is 7.99. The van der Waals surface area contributed by atoms with Gasteiger partial charge in [0.05, 0.1) is 29.7 Å². The predicted octanol–water partition coefficient (Wildman–Crippen LogP) is 6.37. The van der Waals surface area contributed by atoms with Gasteiger partial charge < -0.3 is 29.5 Å². The van der Waals surface area contributed by atoms with Gasteiger partial charge in [-0.25, -0.2) is 4.98 Å². The zero-order valence-corrected chi connectivity index (χ0v) is 27.0. The van der Waals surface area contributed by atoms with Gasteiger partial charge in [-0.3, -0.25) is 9.97 Å². The first kappa shape index (κ1) is 30.0. The van der Waals surface area contributed by atoms with E-state index < -0.39 is 0 Å². The molecule has 44 heavy (non-hydrogen) atoms. The zero-order chi connectivity index (χ0) is 30.8. The molecular formula is C33H41N9OS. The minimum atomic E-state index is 0.459. The number of likely N-dealkylation sites (tertiary alicyclic amines) is 1. The van der Waals surface area contributed by atoms with Crippen LogP contribution in [-0.4, -0.2) is 78.5 Å². The quantitative estimate of drug-likeness (QED) is 0.196. The van der Waals surface area contributed by atoms with Crippen LogP contribution in [0, 0.1) is 5.41 Å². The van der Waals surface area contributed by atoms with Crippen LogP contribution < -0.4 is 24.6 Å². The molecule has 2 aromatic heterocycles. The molecule has 2 aliphatic rings. The first-order valence-electron chi connectivity index (χ1n) is 15.1. The van der Waals surface area contributed by atoms with Crippen molar-refractivity contribution in [1.29, 1.82) is 0 Å². The van der Waals surface area contributed by atoms with E-state index in [4.69, 9.17) is 9.72 Å². The Kier molecular flexibility index (Phi) is 8.50. The van der Waals surface area contributed by atoms with Gasteiger partial charge in [0.15, 0.2) is 0 Å². The van der Waals surface area contributed by atoms with Crippen molar-refractivity contribution in [2.75, 3.05) is 73.5 Å². The van der Waals surface area contributed by atoms with E-state index in [1.54, 1.807) is 43.7 Å². The summed E-state index contributed by atoms with van der Waals surface area (Å²) in [7, 11) is 5.94. The van der Waals surface area contributed by atoms with Gasteiger partial charge in [0.1, 0.15) is 17.1 Å². The predicted molar refractivity (Wildman–Crippen MR) is 184 cm³/mol. The molecule has 0 unspecified atom stereocenters. The normalized spacial score (nSPS) is 16.1. The number of piperidine rings is 1. The summed E-state index contributed by atoms with van der Waals surface area (Å²) in [6.07, 6.45) is 12.4. The molecule has 230 valence electrons. The maximum absolute atomic E-state index is 5.90. The lowest BCUT2D eigenvalue weighted by Gasteiger charge is -2.53. The van der Waals surface area contributed by atoms with Gasteiger partial charge >= 0.3 is 0 Å². The highest BCUT2D eigenvalue weighted by atomic mass is 32.2. The minimum Gasteiger partial charge on any atom is -0.494 e. The Bertz CT molecular complexity index is 1660. The number of nitrogens with one attached hydrogen (secondary N) is 2. The van der Waals surface area contributed by atoms with Crippen molar-refractivity contribution in [1.82, 2.24) is 24.8 Å². The second-order valence-electron chi connectivity index (χ2n) is 11.7. The molecule has 10 nitrogen and oxygen atoms in total. The van der Waals surface area contributed by atoms with Crippen molar-refractivity contribution in [3.05, 3.63) is 60.6 Å². The molecule has 2 aromatic carbocycles. The van der Waals surface area contributed by atoms with E-state index in [9.17, 15) is 0 Å². The highest BCUT2D eigenvalue weighted by Gasteiger charge is 2.43. The number of aryl methyl sites for hydroxylation is 1. The van der Waals surface area contributed by atoms with Crippen LogP contribution in [0.2, 0.25) is 0 Å². The molecule has 0 atom stereocenters. The third-order valence-electron chi connectivity index (χ3n) is 8.90. The van der Waals surface area contributed by atoms with Crippen molar-refractivity contribution < 1.29 is 4.74 Å². The largest absolute Gasteiger partial charge is 0.494 e. The third kappa shape index (κ3) is 5.73. The number of ether oxygens (including phenoxy) is 1. The molecule has 2 aliphatic heterocycles. The average molecular weight is 612 g/mol. The molecule has 4 heterocycles. The number of hydrogen-bond donors (Lipinski definition) is 2. The maximum Gasteiger partial charge on any atom is 0.229 e. The zero-order valence-electron chi connectivity index (χ0n) is 26.2. The summed E-state index contributed by atoms with van der Waals surface area (Å²) < 4.78 is 7.97. The fraction of sp³-hybridized carbons (Fsp3) is 0.394. The molecule has 4 aromatic rings. The van der Waals surface area contributed by atoms with Crippen molar-refractivity contribution in [3.63, 3.8) is 0 Å². The molecule has 6 rings (SSSR count). The number of benzene rings is 2. The number of hydrogen-bond acceptors (Lipinski definition) is 11. The van der Waals surface area contributed by atoms with Crippen molar-refractivity contribution in [2.45, 2.75) is 26.2 Å². The van der Waals surface area contributed by atoms with Gasteiger partial charge in [-0.2, -0.15) is 4.98 Å². The number of fused-ring (bicyclic) bond motifs is 1. The summed E-state index contributed by atoms with van der Waals surface area (Å²) in [5.74, 6) is 1.86. The van der Waals surface area contributed by atoms with E-state index in [-0.39, 0.29) is 0 Å². The number of anilines is 6. The minimum absolute atomic E-state index is 0.459. The first-order chi connectivity index (χ1) is 21.4. The van der Waals surface area contributed by atoms with E-state index in [0.29, 0.717) is 17.2 Å². The van der Waals surface area contributed by atoms with Gasteiger partial charge in [0.25, 0.3) is 0 Å². The number of methoxy groups -OCH3 is 1. The number of nitrogens with zero attached hydrogens (tertiary/aromatic N) is 7. The van der Waals surface area contributed by atoms with Crippen molar-refractivity contribution >= 4 is 63.6 Å². The SMILES string of the molecule is C=Cc1cnc(Nc2cc(CC)c(N3CCC4(CC3)CN(C)C4)cc2OC)nc1Nc1ccc2nccnc2c1N(C)SC. The van der Waals surface area contributed by atoms with Gasteiger partial charge in [0, 0.05) is 75.4 Å². The molecule has 2 saturated heterocycles. The molecule has 2 N–H and O–H groups in total. The smallest absolute Gasteiger partial charge is 0.229 e. The van der Waals surface area contributed by atoms with Gasteiger partial charge in [-0.15, -0.1) is 0 Å². The molecule has 1 spiro atoms. The summed E-state index contributed by atoms with van der Waals surface area (Å²) in [4.78, 5) is 23.6. The van der Waals surface area contributed by atoms with Crippen LogP contribution in [0.15, 0.2) is 49.4 Å². The maximum atomic E-state index is 5.90. The van der Waals surface area contributed by atoms with Gasteiger partial charge in [-0.1, -0.05) is 31.5 Å². The molecule has 0 amide bonds. The van der Waals surface area contributed by atoms with E-state index in [2.05, 4.69) is 72.4 Å². The fourth-order valence-electron chi connectivity index (χ4n) is 6.58. The molecule has 0 bridgehead atoms. The second-order valence-corrected chi connectivity index (χ2v) is 12.6. The van der Waals surface area contributed by atoms with Crippen molar-refractivity contribution in [2.24, 2.45) is 5.41 Å². The van der Waals surface area contributed by atoms with E-state index >= 15 is 0 Å². The number of aromatic nitrogens is 4. The van der Waals surface area contributed by atoms with Crippen LogP contribution in [0.4, 0.5) is 34.5 Å². The standard InChI is InChI=1S/C33H41N9OS/c1-7-22-17-26(28(43-5)18-27(22)42-15-11-33(12-16-42)20-40(3)21-33)38-32-36-19-23(8-2)31(39-32)37-25-10-9-24-29(35-14-13-34-24)30(25)41(4)44-6/h8-10,13-14,17-19H,2,7,11-12,15-16,20-21H2,1,3-6H3,(H2,36,37,38,39). The van der Waals surface area contributed by atoms with Gasteiger partial charge in [-0.05, 0) is 55.5 Å². The van der Waals surface area contributed by atoms with Crippen molar-refractivity contribution in [3.8, 4) is 5.75 Å². The Morgan fingerprint density at radius 1 is 1.09 bits per heavy atom. The van der Waals surface area contributed by atoms with Crippen LogP contribution in [-0.2, 0) is 6.42 Å².